The van der Waals surface area contributed by atoms with Crippen molar-refractivity contribution in [3.63, 3.8) is 0 Å². The van der Waals surface area contributed by atoms with Crippen molar-refractivity contribution < 1.29 is 18.8 Å². The molecule has 1 amide bonds. The molecule has 0 aliphatic heterocycles. The lowest BCUT2D eigenvalue weighted by Gasteiger charge is -2.12. The third-order valence-electron chi connectivity index (χ3n) is 3.63. The Morgan fingerprint density at radius 1 is 1.32 bits per heavy atom. The number of hydrogen-bond acceptors (Lipinski definition) is 7. The third kappa shape index (κ3) is 3.16. The highest BCUT2D eigenvalue weighted by molar-refractivity contribution is 5.92. The third-order valence-corrected chi connectivity index (χ3v) is 3.63. The van der Waals surface area contributed by atoms with Crippen LogP contribution in [0, 0.1) is 6.92 Å². The zero-order valence-corrected chi connectivity index (χ0v) is 13.9. The van der Waals surface area contributed by atoms with Gasteiger partial charge in [-0.1, -0.05) is 5.16 Å². The molecule has 0 saturated carbocycles. The Hall–Kier alpha value is -3.36. The van der Waals surface area contributed by atoms with Crippen LogP contribution in [0.15, 0.2) is 33.8 Å². The van der Waals surface area contributed by atoms with Gasteiger partial charge in [0.2, 0.25) is 5.91 Å². The fourth-order valence-corrected chi connectivity index (χ4v) is 2.37. The fourth-order valence-electron chi connectivity index (χ4n) is 2.37. The smallest absolute Gasteiger partial charge is 0.267 e. The van der Waals surface area contributed by atoms with Crippen molar-refractivity contribution in [1.82, 2.24) is 14.7 Å². The zero-order chi connectivity index (χ0) is 18.0. The van der Waals surface area contributed by atoms with Crippen molar-refractivity contribution in [2.45, 2.75) is 13.5 Å². The number of rotatable bonds is 5. The number of aromatic nitrogens is 3. The molecule has 0 fully saturated rings. The first-order valence-electron chi connectivity index (χ1n) is 7.36. The van der Waals surface area contributed by atoms with Gasteiger partial charge in [-0.05, 0) is 19.1 Å². The van der Waals surface area contributed by atoms with Crippen molar-refractivity contribution in [1.29, 1.82) is 0 Å². The van der Waals surface area contributed by atoms with Gasteiger partial charge in [0.1, 0.15) is 29.8 Å². The molecule has 0 spiro atoms. The number of nitrogens with zero attached hydrogens (tertiary/aromatic N) is 3. The van der Waals surface area contributed by atoms with Crippen LogP contribution in [0.5, 0.6) is 11.5 Å². The second kappa shape index (κ2) is 6.63. The van der Waals surface area contributed by atoms with Crippen LogP contribution < -0.4 is 20.3 Å². The lowest BCUT2D eigenvalue weighted by molar-refractivity contribution is -0.116. The lowest BCUT2D eigenvalue weighted by Crippen LogP contribution is -2.28. The molecule has 0 radical (unpaired) electrons. The summed E-state index contributed by atoms with van der Waals surface area (Å²) in [4.78, 5) is 28.7. The predicted octanol–water partition coefficient (Wildman–Crippen LogP) is 1.35. The summed E-state index contributed by atoms with van der Waals surface area (Å²) >= 11 is 0. The Bertz CT molecular complexity index is 992. The van der Waals surface area contributed by atoms with Crippen LogP contribution in [0.4, 0.5) is 5.69 Å². The Balaban J connectivity index is 1.83. The predicted molar refractivity (Wildman–Crippen MR) is 89.0 cm³/mol. The molecule has 3 aromatic rings. The maximum atomic E-state index is 12.4. The number of nitrogens with one attached hydrogen (secondary N) is 1. The SMILES string of the molecule is COc1ccc(NC(=O)Cn2cnc3onc(C)c3c2=O)c(OC)c1. The van der Waals surface area contributed by atoms with Gasteiger partial charge in [0, 0.05) is 6.07 Å². The highest BCUT2D eigenvalue weighted by Gasteiger charge is 2.15. The number of carbonyl (C=O) groups is 1. The Morgan fingerprint density at radius 3 is 2.84 bits per heavy atom. The number of aryl methyl sites for hydroxylation is 1. The summed E-state index contributed by atoms with van der Waals surface area (Å²) in [6.45, 7) is 1.43. The number of ether oxygens (including phenoxy) is 2. The van der Waals surface area contributed by atoms with Gasteiger partial charge in [-0.25, -0.2) is 4.98 Å². The fraction of sp³-hybridized carbons (Fsp3) is 0.250. The molecule has 9 nitrogen and oxygen atoms in total. The molecule has 2 heterocycles. The summed E-state index contributed by atoms with van der Waals surface area (Å²) in [6.07, 6.45) is 1.25. The minimum absolute atomic E-state index is 0.149. The van der Waals surface area contributed by atoms with Gasteiger partial charge in [0.15, 0.2) is 0 Å². The normalized spacial score (nSPS) is 10.7. The van der Waals surface area contributed by atoms with Crippen LogP contribution in [0.25, 0.3) is 11.1 Å². The minimum Gasteiger partial charge on any atom is -0.497 e. The van der Waals surface area contributed by atoms with Crippen molar-refractivity contribution in [2.75, 3.05) is 19.5 Å². The molecule has 1 N–H and O–H groups in total. The van der Waals surface area contributed by atoms with Gasteiger partial charge in [-0.3, -0.25) is 14.2 Å². The summed E-state index contributed by atoms with van der Waals surface area (Å²) in [5, 5.41) is 6.66. The molecule has 0 aliphatic carbocycles. The second-order valence-electron chi connectivity index (χ2n) is 5.24. The number of benzene rings is 1. The van der Waals surface area contributed by atoms with E-state index in [2.05, 4.69) is 15.5 Å². The van der Waals surface area contributed by atoms with E-state index in [-0.39, 0.29) is 23.2 Å². The molecule has 25 heavy (non-hydrogen) atoms. The molecule has 0 bridgehead atoms. The van der Waals surface area contributed by atoms with E-state index < -0.39 is 5.91 Å². The molecule has 2 aromatic heterocycles. The number of amides is 1. The number of hydrogen-bond donors (Lipinski definition) is 1. The molecule has 0 atom stereocenters. The zero-order valence-electron chi connectivity index (χ0n) is 13.9. The summed E-state index contributed by atoms with van der Waals surface area (Å²) in [5.74, 6) is 0.646. The molecule has 130 valence electrons. The average molecular weight is 344 g/mol. The average Bonchev–Trinajstić information content (AvgIpc) is 2.99. The summed E-state index contributed by atoms with van der Waals surface area (Å²) in [7, 11) is 3.02. The van der Waals surface area contributed by atoms with Crippen molar-refractivity contribution >= 4 is 22.7 Å². The maximum Gasteiger partial charge on any atom is 0.267 e. The molecule has 3 rings (SSSR count). The summed E-state index contributed by atoms with van der Waals surface area (Å²) in [6, 6.07) is 5.00. The van der Waals surface area contributed by atoms with E-state index >= 15 is 0 Å². The van der Waals surface area contributed by atoms with E-state index in [0.717, 1.165) is 0 Å². The highest BCUT2D eigenvalue weighted by atomic mass is 16.5. The Morgan fingerprint density at radius 2 is 2.12 bits per heavy atom. The van der Waals surface area contributed by atoms with E-state index in [4.69, 9.17) is 14.0 Å². The molecule has 0 saturated heterocycles. The van der Waals surface area contributed by atoms with Gasteiger partial charge >= 0.3 is 0 Å². The van der Waals surface area contributed by atoms with Crippen molar-refractivity contribution in [3.8, 4) is 11.5 Å². The minimum atomic E-state index is -0.402. The first-order chi connectivity index (χ1) is 12.0. The summed E-state index contributed by atoms with van der Waals surface area (Å²) in [5.41, 5.74) is 0.659. The number of carbonyl (C=O) groups excluding carboxylic acids is 1. The maximum absolute atomic E-state index is 12.4. The standard InChI is InChI=1S/C16H16N4O5/c1-9-14-15(25-19-9)17-8-20(16(14)22)7-13(21)18-11-5-4-10(23-2)6-12(11)24-3/h4-6,8H,7H2,1-3H3,(H,18,21). The topological polar surface area (TPSA) is 108 Å². The first-order valence-corrected chi connectivity index (χ1v) is 7.36. The quantitative estimate of drug-likeness (QED) is 0.744. The van der Waals surface area contributed by atoms with Crippen LogP contribution >= 0.6 is 0 Å². The van der Waals surface area contributed by atoms with E-state index in [1.54, 1.807) is 25.1 Å². The van der Waals surface area contributed by atoms with E-state index in [1.165, 1.54) is 25.1 Å². The number of methoxy groups -OCH3 is 2. The monoisotopic (exact) mass is 344 g/mol. The highest BCUT2D eigenvalue weighted by Crippen LogP contribution is 2.28. The van der Waals surface area contributed by atoms with Crippen molar-refractivity contribution in [3.05, 3.63) is 40.6 Å². The van der Waals surface area contributed by atoms with E-state index in [9.17, 15) is 9.59 Å². The van der Waals surface area contributed by atoms with E-state index in [0.29, 0.717) is 22.9 Å². The molecular formula is C16H16N4O5. The first kappa shape index (κ1) is 16.5. The van der Waals surface area contributed by atoms with Gasteiger partial charge in [0.25, 0.3) is 11.3 Å². The van der Waals surface area contributed by atoms with Crippen LogP contribution in [-0.2, 0) is 11.3 Å². The number of fused-ring (bicyclic) bond motifs is 1. The molecule has 0 unspecified atom stereocenters. The van der Waals surface area contributed by atoms with Crippen molar-refractivity contribution in [2.24, 2.45) is 0 Å². The molecule has 1 aromatic carbocycles. The molecule has 9 heteroatoms. The van der Waals surface area contributed by atoms with Crippen LogP contribution in [0.1, 0.15) is 5.69 Å². The largest absolute Gasteiger partial charge is 0.497 e. The molecular weight excluding hydrogens is 328 g/mol. The van der Waals surface area contributed by atoms with Crippen LogP contribution in [-0.4, -0.2) is 34.8 Å². The summed E-state index contributed by atoms with van der Waals surface area (Å²) < 4.78 is 16.5. The van der Waals surface area contributed by atoms with Gasteiger partial charge in [-0.2, -0.15) is 0 Å². The van der Waals surface area contributed by atoms with Crippen LogP contribution in [0.3, 0.4) is 0 Å². The van der Waals surface area contributed by atoms with Gasteiger partial charge in [-0.15, -0.1) is 0 Å². The Labute approximate surface area is 142 Å². The van der Waals surface area contributed by atoms with Crippen LogP contribution in [0.2, 0.25) is 0 Å². The van der Waals surface area contributed by atoms with E-state index in [1.807, 2.05) is 0 Å². The van der Waals surface area contributed by atoms with Gasteiger partial charge in [0.05, 0.1) is 25.6 Å². The lowest BCUT2D eigenvalue weighted by atomic mass is 10.2. The Kier molecular flexibility index (Phi) is 4.38. The molecule has 0 aliphatic rings. The van der Waals surface area contributed by atoms with Gasteiger partial charge < -0.3 is 19.3 Å². The second-order valence-corrected chi connectivity index (χ2v) is 5.24. The number of anilines is 1.